The second-order valence-electron chi connectivity index (χ2n) is 6.65. The molecule has 0 fully saturated rings. The highest BCUT2D eigenvalue weighted by molar-refractivity contribution is 5.80. The molecule has 0 atom stereocenters. The van der Waals surface area contributed by atoms with E-state index in [1.807, 2.05) is 66.7 Å². The largest absolute Gasteiger partial charge is 0.493 e. The van der Waals surface area contributed by atoms with Crippen molar-refractivity contribution in [2.75, 3.05) is 13.7 Å². The van der Waals surface area contributed by atoms with Gasteiger partial charge in [0.25, 0.3) is 5.56 Å². The van der Waals surface area contributed by atoms with E-state index in [0.29, 0.717) is 28.2 Å². The molecule has 0 aliphatic rings. The minimum absolute atomic E-state index is 0.0596. The van der Waals surface area contributed by atoms with Gasteiger partial charge in [0.05, 0.1) is 23.7 Å². The van der Waals surface area contributed by atoms with Crippen LogP contribution in [-0.4, -0.2) is 23.3 Å². The fourth-order valence-corrected chi connectivity index (χ4v) is 3.28. The van der Waals surface area contributed by atoms with Crippen LogP contribution >= 0.6 is 0 Å². The van der Waals surface area contributed by atoms with Gasteiger partial charge in [-0.15, -0.1) is 0 Å². The summed E-state index contributed by atoms with van der Waals surface area (Å²) in [6.45, 7) is -0.0596. The second kappa shape index (κ2) is 8.97. The number of para-hydroxylation sites is 2. The molecule has 0 saturated carbocycles. The summed E-state index contributed by atoms with van der Waals surface area (Å²) in [5, 5.41) is 9.27. The van der Waals surface area contributed by atoms with Crippen molar-refractivity contribution >= 4 is 23.1 Å². The SMILES string of the molecule is COc1cc(/C=C/c2nc3ccccc3c(=O)n2-c2ccccc2)ccc1OCC#N. The maximum atomic E-state index is 13.2. The Hall–Kier alpha value is -4.37. The van der Waals surface area contributed by atoms with Gasteiger partial charge < -0.3 is 9.47 Å². The molecule has 0 saturated heterocycles. The first-order valence-electron chi connectivity index (χ1n) is 9.64. The normalized spacial score (nSPS) is 10.8. The quantitative estimate of drug-likeness (QED) is 0.470. The Kier molecular flexibility index (Phi) is 5.77. The molecule has 152 valence electrons. The van der Waals surface area contributed by atoms with Crippen molar-refractivity contribution in [1.29, 1.82) is 5.26 Å². The lowest BCUT2D eigenvalue weighted by Gasteiger charge is -2.11. The van der Waals surface area contributed by atoms with Gasteiger partial charge in [-0.3, -0.25) is 9.36 Å². The van der Waals surface area contributed by atoms with Gasteiger partial charge in [-0.05, 0) is 48.0 Å². The number of benzene rings is 3. The van der Waals surface area contributed by atoms with E-state index in [-0.39, 0.29) is 12.2 Å². The number of fused-ring (bicyclic) bond motifs is 1. The minimum Gasteiger partial charge on any atom is -0.493 e. The third kappa shape index (κ3) is 4.16. The molecule has 6 nitrogen and oxygen atoms in total. The van der Waals surface area contributed by atoms with Crippen LogP contribution in [0.3, 0.4) is 0 Å². The summed E-state index contributed by atoms with van der Waals surface area (Å²) in [4.78, 5) is 17.9. The van der Waals surface area contributed by atoms with Crippen molar-refractivity contribution in [3.8, 4) is 23.3 Å². The zero-order chi connectivity index (χ0) is 21.6. The van der Waals surface area contributed by atoms with E-state index in [1.54, 1.807) is 36.0 Å². The topological polar surface area (TPSA) is 77.1 Å². The monoisotopic (exact) mass is 409 g/mol. The Bertz CT molecular complexity index is 1350. The van der Waals surface area contributed by atoms with Crippen molar-refractivity contribution in [1.82, 2.24) is 9.55 Å². The molecule has 31 heavy (non-hydrogen) atoms. The third-order valence-electron chi connectivity index (χ3n) is 4.72. The van der Waals surface area contributed by atoms with Crippen LogP contribution in [0.2, 0.25) is 0 Å². The summed E-state index contributed by atoms with van der Waals surface area (Å²) < 4.78 is 12.3. The van der Waals surface area contributed by atoms with Crippen molar-refractivity contribution in [2.24, 2.45) is 0 Å². The molecule has 4 aromatic rings. The number of rotatable bonds is 6. The first kappa shape index (κ1) is 19.9. The number of methoxy groups -OCH3 is 1. The number of hydrogen-bond donors (Lipinski definition) is 0. The molecule has 0 spiro atoms. The van der Waals surface area contributed by atoms with Crippen LogP contribution in [0.15, 0.2) is 77.6 Å². The average Bonchev–Trinajstić information content (AvgIpc) is 2.82. The summed E-state index contributed by atoms with van der Waals surface area (Å²) in [6.07, 6.45) is 3.65. The summed E-state index contributed by atoms with van der Waals surface area (Å²) >= 11 is 0. The van der Waals surface area contributed by atoms with E-state index in [9.17, 15) is 4.79 Å². The Morgan fingerprint density at radius 2 is 1.77 bits per heavy atom. The number of nitriles is 1. The smallest absolute Gasteiger partial charge is 0.266 e. The summed E-state index contributed by atoms with van der Waals surface area (Å²) in [5.74, 6) is 1.52. The zero-order valence-electron chi connectivity index (χ0n) is 16.9. The van der Waals surface area contributed by atoms with Gasteiger partial charge in [-0.2, -0.15) is 5.26 Å². The van der Waals surface area contributed by atoms with Crippen LogP contribution in [0.25, 0.3) is 28.7 Å². The van der Waals surface area contributed by atoms with Gasteiger partial charge in [0, 0.05) is 0 Å². The number of nitrogens with zero attached hydrogens (tertiary/aromatic N) is 3. The van der Waals surface area contributed by atoms with Crippen molar-refractivity contribution in [3.05, 3.63) is 94.5 Å². The van der Waals surface area contributed by atoms with Crippen LogP contribution < -0.4 is 15.0 Å². The molecule has 0 N–H and O–H groups in total. The lowest BCUT2D eigenvalue weighted by Crippen LogP contribution is -2.22. The molecular weight excluding hydrogens is 390 g/mol. The van der Waals surface area contributed by atoms with Crippen LogP contribution in [0.1, 0.15) is 11.4 Å². The highest BCUT2D eigenvalue weighted by Crippen LogP contribution is 2.28. The molecule has 0 aliphatic heterocycles. The number of aromatic nitrogens is 2. The van der Waals surface area contributed by atoms with Gasteiger partial charge in [-0.25, -0.2) is 4.98 Å². The van der Waals surface area contributed by atoms with Crippen LogP contribution in [0.4, 0.5) is 0 Å². The van der Waals surface area contributed by atoms with Gasteiger partial charge in [0.2, 0.25) is 0 Å². The Morgan fingerprint density at radius 1 is 1.00 bits per heavy atom. The number of ether oxygens (including phenoxy) is 2. The molecule has 0 amide bonds. The lowest BCUT2D eigenvalue weighted by molar-refractivity contribution is 0.329. The lowest BCUT2D eigenvalue weighted by atomic mass is 10.1. The molecule has 3 aromatic carbocycles. The van der Waals surface area contributed by atoms with E-state index in [2.05, 4.69) is 0 Å². The summed E-state index contributed by atoms with van der Waals surface area (Å²) in [7, 11) is 1.54. The molecule has 1 aromatic heterocycles. The van der Waals surface area contributed by atoms with E-state index in [4.69, 9.17) is 19.7 Å². The summed E-state index contributed by atoms with van der Waals surface area (Å²) in [5.41, 5.74) is 2.08. The van der Waals surface area contributed by atoms with Crippen LogP contribution in [0.5, 0.6) is 11.5 Å². The Labute approximate surface area is 179 Å². The fourth-order valence-electron chi connectivity index (χ4n) is 3.28. The predicted molar refractivity (Wildman–Crippen MR) is 120 cm³/mol. The van der Waals surface area contributed by atoms with Crippen molar-refractivity contribution in [2.45, 2.75) is 0 Å². The van der Waals surface area contributed by atoms with Crippen molar-refractivity contribution in [3.63, 3.8) is 0 Å². The van der Waals surface area contributed by atoms with E-state index in [1.165, 1.54) is 0 Å². The van der Waals surface area contributed by atoms with E-state index >= 15 is 0 Å². The van der Waals surface area contributed by atoms with Gasteiger partial charge in [0.1, 0.15) is 11.9 Å². The Balaban J connectivity index is 1.80. The van der Waals surface area contributed by atoms with Crippen LogP contribution in [-0.2, 0) is 0 Å². The van der Waals surface area contributed by atoms with E-state index < -0.39 is 0 Å². The first-order chi connectivity index (χ1) is 15.2. The maximum Gasteiger partial charge on any atom is 0.266 e. The minimum atomic E-state index is -0.130. The molecule has 0 radical (unpaired) electrons. The molecule has 0 aliphatic carbocycles. The molecule has 1 heterocycles. The zero-order valence-corrected chi connectivity index (χ0v) is 16.9. The molecule has 4 rings (SSSR count). The highest BCUT2D eigenvalue weighted by atomic mass is 16.5. The van der Waals surface area contributed by atoms with Gasteiger partial charge in [-0.1, -0.05) is 42.5 Å². The molecule has 0 bridgehead atoms. The molecule has 0 unspecified atom stereocenters. The van der Waals surface area contributed by atoms with Gasteiger partial charge >= 0.3 is 0 Å². The molecular formula is C25H19N3O3. The Morgan fingerprint density at radius 3 is 2.55 bits per heavy atom. The average molecular weight is 409 g/mol. The third-order valence-corrected chi connectivity index (χ3v) is 4.72. The molecule has 6 heteroatoms. The number of hydrogen-bond acceptors (Lipinski definition) is 5. The standard InChI is InChI=1S/C25H19N3O3/c1-30-23-17-18(11-13-22(23)31-16-15-26)12-14-24-27-21-10-6-5-9-20(21)25(29)28(24)19-7-3-2-4-8-19/h2-14,17H,16H2,1H3/b14-12+. The second-order valence-corrected chi connectivity index (χ2v) is 6.65. The summed E-state index contributed by atoms with van der Waals surface area (Å²) in [6, 6.07) is 24.0. The maximum absolute atomic E-state index is 13.2. The fraction of sp³-hybridized carbons (Fsp3) is 0.0800. The van der Waals surface area contributed by atoms with Crippen molar-refractivity contribution < 1.29 is 9.47 Å². The van der Waals surface area contributed by atoms with E-state index in [0.717, 1.165) is 11.3 Å². The predicted octanol–water partition coefficient (Wildman–Crippen LogP) is 4.47. The first-order valence-corrected chi connectivity index (χ1v) is 9.64. The highest BCUT2D eigenvalue weighted by Gasteiger charge is 2.11. The van der Waals surface area contributed by atoms with Gasteiger partial charge in [0.15, 0.2) is 18.1 Å². The van der Waals surface area contributed by atoms with Crippen LogP contribution in [0, 0.1) is 11.3 Å².